The molecule has 4 heteroatoms. The molecule has 1 heterocycles. The fourth-order valence-corrected chi connectivity index (χ4v) is 1.51. The monoisotopic (exact) mass is 216 g/mol. The van der Waals surface area contributed by atoms with Gasteiger partial charge in [0.15, 0.2) is 0 Å². The zero-order chi connectivity index (χ0) is 11.0. The van der Waals surface area contributed by atoms with Crippen molar-refractivity contribution in [2.75, 3.05) is 5.73 Å². The number of rotatable bonds is 3. The van der Waals surface area contributed by atoms with Crippen LogP contribution >= 0.6 is 0 Å². The molecule has 82 valence electrons. The molecule has 0 unspecified atom stereocenters. The highest BCUT2D eigenvalue weighted by Gasteiger charge is 2.23. The lowest BCUT2D eigenvalue weighted by atomic mass is 10.1. The standard InChI is InChI=1S/C12H12N2O2/c13-12-7-11(14-16-12)8-1-3-9(4-2-8)15-10-5-6-10/h1-4,7,10H,5-6,13H2. The molecule has 0 saturated heterocycles. The number of ether oxygens (including phenoxy) is 1. The van der Waals surface area contributed by atoms with Crippen molar-refractivity contribution in [3.63, 3.8) is 0 Å². The van der Waals surface area contributed by atoms with Crippen LogP contribution in [0.2, 0.25) is 0 Å². The number of nitrogens with two attached hydrogens (primary N) is 1. The average molecular weight is 216 g/mol. The van der Waals surface area contributed by atoms with Crippen molar-refractivity contribution in [2.24, 2.45) is 0 Å². The maximum Gasteiger partial charge on any atom is 0.222 e. The highest BCUT2D eigenvalue weighted by atomic mass is 16.5. The normalized spacial score (nSPS) is 15.0. The van der Waals surface area contributed by atoms with Crippen molar-refractivity contribution in [1.82, 2.24) is 5.16 Å². The van der Waals surface area contributed by atoms with E-state index in [0.717, 1.165) is 17.0 Å². The van der Waals surface area contributed by atoms with Gasteiger partial charge in [-0.2, -0.15) is 0 Å². The molecule has 2 N–H and O–H groups in total. The summed E-state index contributed by atoms with van der Waals surface area (Å²) < 4.78 is 10.5. The number of nitrogens with zero attached hydrogens (tertiary/aromatic N) is 1. The second-order valence-electron chi connectivity index (χ2n) is 3.96. The van der Waals surface area contributed by atoms with E-state index in [1.54, 1.807) is 6.07 Å². The Bertz CT molecular complexity index is 486. The van der Waals surface area contributed by atoms with Gasteiger partial charge in [-0.1, -0.05) is 5.16 Å². The van der Waals surface area contributed by atoms with E-state index in [0.29, 0.717) is 12.0 Å². The molecule has 0 amide bonds. The zero-order valence-electron chi connectivity index (χ0n) is 8.72. The number of aromatic nitrogens is 1. The van der Waals surface area contributed by atoms with Gasteiger partial charge in [0, 0.05) is 11.6 Å². The van der Waals surface area contributed by atoms with Crippen LogP contribution in [-0.4, -0.2) is 11.3 Å². The first-order chi connectivity index (χ1) is 7.81. The van der Waals surface area contributed by atoms with Gasteiger partial charge in [0.05, 0.1) is 6.10 Å². The van der Waals surface area contributed by atoms with E-state index >= 15 is 0 Å². The van der Waals surface area contributed by atoms with Gasteiger partial charge in [0.25, 0.3) is 0 Å². The summed E-state index contributed by atoms with van der Waals surface area (Å²) in [6, 6.07) is 9.50. The third-order valence-corrected chi connectivity index (χ3v) is 2.51. The number of nitrogen functional groups attached to an aromatic ring is 1. The van der Waals surface area contributed by atoms with Crippen LogP contribution in [0.5, 0.6) is 5.75 Å². The summed E-state index contributed by atoms with van der Waals surface area (Å²) in [4.78, 5) is 0. The molecule has 0 aliphatic heterocycles. The Labute approximate surface area is 93.0 Å². The Kier molecular flexibility index (Phi) is 2.06. The number of hydrogen-bond acceptors (Lipinski definition) is 4. The molecular formula is C12H12N2O2. The predicted octanol–water partition coefficient (Wildman–Crippen LogP) is 2.47. The maximum absolute atomic E-state index is 5.65. The molecule has 4 nitrogen and oxygen atoms in total. The lowest BCUT2D eigenvalue weighted by Crippen LogP contribution is -1.95. The highest BCUT2D eigenvalue weighted by molar-refractivity contribution is 5.61. The van der Waals surface area contributed by atoms with Crippen molar-refractivity contribution in [2.45, 2.75) is 18.9 Å². The first kappa shape index (κ1) is 9.27. The molecule has 1 fully saturated rings. The third-order valence-electron chi connectivity index (χ3n) is 2.51. The highest BCUT2D eigenvalue weighted by Crippen LogP contribution is 2.28. The van der Waals surface area contributed by atoms with E-state index in [-0.39, 0.29) is 0 Å². The summed E-state index contributed by atoms with van der Waals surface area (Å²) in [5.41, 5.74) is 7.19. The van der Waals surface area contributed by atoms with Crippen molar-refractivity contribution in [3.8, 4) is 17.0 Å². The molecule has 1 aliphatic carbocycles. The van der Waals surface area contributed by atoms with Gasteiger partial charge in [-0.3, -0.25) is 0 Å². The molecule has 3 rings (SSSR count). The van der Waals surface area contributed by atoms with Crippen LogP contribution in [0.4, 0.5) is 5.88 Å². The van der Waals surface area contributed by atoms with E-state index < -0.39 is 0 Å². The Hall–Kier alpha value is -1.97. The number of benzene rings is 1. The van der Waals surface area contributed by atoms with E-state index in [9.17, 15) is 0 Å². The smallest absolute Gasteiger partial charge is 0.222 e. The van der Waals surface area contributed by atoms with Crippen LogP contribution in [0, 0.1) is 0 Å². The fourth-order valence-electron chi connectivity index (χ4n) is 1.51. The second-order valence-corrected chi connectivity index (χ2v) is 3.96. The molecule has 0 bridgehead atoms. The molecule has 1 saturated carbocycles. The molecule has 16 heavy (non-hydrogen) atoms. The predicted molar refractivity (Wildman–Crippen MR) is 60.0 cm³/mol. The van der Waals surface area contributed by atoms with Crippen LogP contribution in [0.1, 0.15) is 12.8 Å². The summed E-state index contributed by atoms with van der Waals surface area (Å²) >= 11 is 0. The van der Waals surface area contributed by atoms with Gasteiger partial charge in [-0.15, -0.1) is 0 Å². The largest absolute Gasteiger partial charge is 0.490 e. The van der Waals surface area contributed by atoms with E-state index in [4.69, 9.17) is 15.0 Å². The van der Waals surface area contributed by atoms with Crippen LogP contribution in [0.3, 0.4) is 0 Å². The minimum Gasteiger partial charge on any atom is -0.490 e. The molecule has 0 spiro atoms. The Morgan fingerprint density at radius 3 is 2.56 bits per heavy atom. The average Bonchev–Trinajstić information content (AvgIpc) is 3.00. The molecule has 0 radical (unpaired) electrons. The van der Waals surface area contributed by atoms with Gasteiger partial charge < -0.3 is 15.0 Å². The zero-order valence-corrected chi connectivity index (χ0v) is 8.72. The topological polar surface area (TPSA) is 61.3 Å². The SMILES string of the molecule is Nc1cc(-c2ccc(OC3CC3)cc2)no1. The van der Waals surface area contributed by atoms with Gasteiger partial charge in [-0.05, 0) is 37.1 Å². The van der Waals surface area contributed by atoms with Gasteiger partial charge in [0.1, 0.15) is 11.4 Å². The number of hydrogen-bond donors (Lipinski definition) is 1. The van der Waals surface area contributed by atoms with Crippen molar-refractivity contribution >= 4 is 5.88 Å². The second kappa shape index (κ2) is 3.56. The van der Waals surface area contributed by atoms with E-state index in [2.05, 4.69) is 5.16 Å². The minimum atomic E-state index is 0.327. The summed E-state index contributed by atoms with van der Waals surface area (Å²) in [6.07, 6.45) is 2.76. The van der Waals surface area contributed by atoms with Crippen molar-refractivity contribution in [1.29, 1.82) is 0 Å². The Morgan fingerprint density at radius 2 is 2.00 bits per heavy atom. The molecule has 1 aromatic heterocycles. The van der Waals surface area contributed by atoms with Crippen LogP contribution < -0.4 is 10.5 Å². The van der Waals surface area contributed by atoms with Crippen LogP contribution in [0.25, 0.3) is 11.3 Å². The first-order valence-electron chi connectivity index (χ1n) is 5.30. The van der Waals surface area contributed by atoms with Gasteiger partial charge >= 0.3 is 0 Å². The van der Waals surface area contributed by atoms with Crippen LogP contribution in [-0.2, 0) is 0 Å². The van der Waals surface area contributed by atoms with Gasteiger partial charge in [0.2, 0.25) is 5.88 Å². The lowest BCUT2D eigenvalue weighted by molar-refractivity contribution is 0.303. The minimum absolute atomic E-state index is 0.327. The Balaban J connectivity index is 1.80. The third kappa shape index (κ3) is 1.86. The molecule has 0 atom stereocenters. The number of anilines is 1. The first-order valence-corrected chi connectivity index (χ1v) is 5.30. The van der Waals surface area contributed by atoms with Crippen LogP contribution in [0.15, 0.2) is 34.9 Å². The lowest BCUT2D eigenvalue weighted by Gasteiger charge is -2.03. The summed E-state index contributed by atoms with van der Waals surface area (Å²) in [5.74, 6) is 1.23. The summed E-state index contributed by atoms with van der Waals surface area (Å²) in [7, 11) is 0. The van der Waals surface area contributed by atoms with E-state index in [1.807, 2.05) is 24.3 Å². The molecule has 1 aliphatic rings. The Morgan fingerprint density at radius 1 is 1.25 bits per heavy atom. The van der Waals surface area contributed by atoms with Crippen molar-refractivity contribution < 1.29 is 9.26 Å². The molecule has 2 aromatic rings. The maximum atomic E-state index is 5.65. The summed E-state index contributed by atoms with van der Waals surface area (Å²) in [5, 5.41) is 3.85. The van der Waals surface area contributed by atoms with E-state index in [1.165, 1.54) is 12.8 Å². The fraction of sp³-hybridized carbons (Fsp3) is 0.250. The molecular weight excluding hydrogens is 204 g/mol. The van der Waals surface area contributed by atoms with Gasteiger partial charge in [-0.25, -0.2) is 0 Å². The molecule has 1 aromatic carbocycles. The summed E-state index contributed by atoms with van der Waals surface area (Å²) in [6.45, 7) is 0. The quantitative estimate of drug-likeness (QED) is 0.856. The van der Waals surface area contributed by atoms with Crippen molar-refractivity contribution in [3.05, 3.63) is 30.3 Å².